The molecule has 27 heavy (non-hydrogen) atoms. The van der Waals surface area contributed by atoms with Gasteiger partial charge in [-0.1, -0.05) is 42.5 Å². The molecule has 3 aromatic rings. The van der Waals surface area contributed by atoms with E-state index in [4.69, 9.17) is 10.1 Å². The van der Waals surface area contributed by atoms with Crippen LogP contribution in [0.25, 0.3) is 0 Å². The quantitative estimate of drug-likeness (QED) is 0.667. The van der Waals surface area contributed by atoms with E-state index in [0.717, 1.165) is 30.0 Å². The number of aromatic nitrogens is 1. The van der Waals surface area contributed by atoms with Crippen LogP contribution in [0.4, 0.5) is 0 Å². The highest BCUT2D eigenvalue weighted by molar-refractivity contribution is 7.11. The molecule has 2 aromatic carbocycles. The molecule has 0 amide bonds. The van der Waals surface area contributed by atoms with Gasteiger partial charge in [0.15, 0.2) is 0 Å². The molecule has 1 atom stereocenters. The Labute approximate surface area is 162 Å². The van der Waals surface area contributed by atoms with E-state index >= 15 is 0 Å². The second kappa shape index (κ2) is 8.03. The molecular formula is C22H22N2O2S. The van der Waals surface area contributed by atoms with Gasteiger partial charge in [0.05, 0.1) is 11.3 Å². The predicted octanol–water partition coefficient (Wildman–Crippen LogP) is 4.40. The topological polar surface area (TPSA) is 62.2 Å². The molecule has 0 saturated heterocycles. The zero-order valence-electron chi connectivity index (χ0n) is 15.0. The van der Waals surface area contributed by atoms with Crippen molar-refractivity contribution < 1.29 is 9.90 Å². The Morgan fingerprint density at radius 1 is 1.11 bits per heavy atom. The number of fused-ring (bicyclic) bond motifs is 1. The summed E-state index contributed by atoms with van der Waals surface area (Å²) in [6, 6.07) is 17.8. The van der Waals surface area contributed by atoms with E-state index in [1.165, 1.54) is 22.6 Å². The Hall–Kier alpha value is -2.50. The summed E-state index contributed by atoms with van der Waals surface area (Å²) in [7, 11) is 0. The van der Waals surface area contributed by atoms with Crippen LogP contribution in [0.3, 0.4) is 0 Å². The molecule has 5 heteroatoms. The number of aromatic carboxylic acids is 1. The maximum absolute atomic E-state index is 10.9. The lowest BCUT2D eigenvalue weighted by molar-refractivity contribution is 0.0697. The summed E-state index contributed by atoms with van der Waals surface area (Å²) < 4.78 is 0. The van der Waals surface area contributed by atoms with Gasteiger partial charge >= 0.3 is 5.97 Å². The highest BCUT2D eigenvalue weighted by Gasteiger charge is 2.23. The number of carboxylic acids is 1. The third-order valence-corrected chi connectivity index (χ3v) is 6.18. The number of rotatable bonds is 6. The first kappa shape index (κ1) is 17.9. The highest BCUT2D eigenvalue weighted by Crippen LogP contribution is 2.35. The van der Waals surface area contributed by atoms with Gasteiger partial charge in [0.2, 0.25) is 0 Å². The number of aryl methyl sites for hydroxylation is 1. The number of carbonyl (C=O) groups is 1. The Bertz CT molecular complexity index is 919. The van der Waals surface area contributed by atoms with Crippen LogP contribution in [0.1, 0.15) is 49.4 Å². The van der Waals surface area contributed by atoms with Crippen LogP contribution in [0.2, 0.25) is 0 Å². The lowest BCUT2D eigenvalue weighted by Gasteiger charge is -2.21. The summed E-state index contributed by atoms with van der Waals surface area (Å²) in [4.78, 5) is 17.2. The monoisotopic (exact) mass is 378 g/mol. The average Bonchev–Trinajstić information content (AvgIpc) is 3.11. The molecule has 0 saturated carbocycles. The normalized spacial score (nSPS) is 16.1. The predicted molar refractivity (Wildman–Crippen MR) is 107 cm³/mol. The molecule has 0 bridgehead atoms. The standard InChI is InChI=1S/C22H22N2O2S/c25-22(26)17-8-6-15(7-9-17)13-23-14-21-24-19-11-10-18(12-20(19)27-21)16-4-2-1-3-5-16/h1-9,18,23H,10-14H2,(H,25,26). The molecule has 1 aliphatic rings. The van der Waals surface area contributed by atoms with Crippen LogP contribution in [0.5, 0.6) is 0 Å². The van der Waals surface area contributed by atoms with Gasteiger partial charge < -0.3 is 10.4 Å². The van der Waals surface area contributed by atoms with Gasteiger partial charge in [0.25, 0.3) is 0 Å². The summed E-state index contributed by atoms with van der Waals surface area (Å²) >= 11 is 1.82. The molecule has 0 fully saturated rings. The molecular weight excluding hydrogens is 356 g/mol. The summed E-state index contributed by atoms with van der Waals surface area (Å²) in [5, 5.41) is 13.5. The summed E-state index contributed by atoms with van der Waals surface area (Å²) in [6.07, 6.45) is 3.32. The van der Waals surface area contributed by atoms with Crippen molar-refractivity contribution in [1.29, 1.82) is 0 Å². The van der Waals surface area contributed by atoms with E-state index in [1.807, 2.05) is 23.5 Å². The van der Waals surface area contributed by atoms with Crippen molar-refractivity contribution in [2.45, 2.75) is 38.3 Å². The van der Waals surface area contributed by atoms with Crippen molar-refractivity contribution in [2.75, 3.05) is 0 Å². The van der Waals surface area contributed by atoms with Crippen LogP contribution >= 0.6 is 11.3 Å². The van der Waals surface area contributed by atoms with Crippen molar-refractivity contribution in [1.82, 2.24) is 10.3 Å². The van der Waals surface area contributed by atoms with E-state index in [9.17, 15) is 4.79 Å². The minimum atomic E-state index is -0.892. The van der Waals surface area contributed by atoms with Crippen LogP contribution in [0.15, 0.2) is 54.6 Å². The fourth-order valence-corrected chi connectivity index (χ4v) is 4.76. The van der Waals surface area contributed by atoms with Crippen LogP contribution in [-0.2, 0) is 25.9 Å². The molecule has 2 N–H and O–H groups in total. The van der Waals surface area contributed by atoms with E-state index in [1.54, 1.807) is 12.1 Å². The largest absolute Gasteiger partial charge is 0.478 e. The molecule has 4 nitrogen and oxygen atoms in total. The number of thiazole rings is 1. The Morgan fingerprint density at radius 3 is 2.63 bits per heavy atom. The van der Waals surface area contributed by atoms with Crippen LogP contribution < -0.4 is 5.32 Å². The first-order valence-corrected chi connectivity index (χ1v) is 10.1. The molecule has 0 aliphatic heterocycles. The molecule has 1 aromatic heterocycles. The van der Waals surface area contributed by atoms with Crippen molar-refractivity contribution in [2.24, 2.45) is 0 Å². The van der Waals surface area contributed by atoms with Gasteiger partial charge in [-0.15, -0.1) is 11.3 Å². The molecule has 0 radical (unpaired) electrons. The van der Waals surface area contributed by atoms with Gasteiger partial charge in [-0.2, -0.15) is 0 Å². The minimum Gasteiger partial charge on any atom is -0.478 e. The fourth-order valence-electron chi connectivity index (χ4n) is 3.59. The molecule has 0 spiro atoms. The molecule has 1 heterocycles. The van der Waals surface area contributed by atoms with Crippen LogP contribution in [-0.4, -0.2) is 16.1 Å². The van der Waals surface area contributed by atoms with Gasteiger partial charge in [0, 0.05) is 18.0 Å². The zero-order valence-corrected chi connectivity index (χ0v) is 15.8. The van der Waals surface area contributed by atoms with Crippen molar-refractivity contribution >= 4 is 17.3 Å². The smallest absolute Gasteiger partial charge is 0.335 e. The molecule has 1 aliphatic carbocycles. The lowest BCUT2D eigenvalue weighted by Crippen LogP contribution is -2.13. The van der Waals surface area contributed by atoms with E-state index in [2.05, 4.69) is 35.6 Å². The average molecular weight is 378 g/mol. The summed E-state index contributed by atoms with van der Waals surface area (Å²) in [6.45, 7) is 1.45. The van der Waals surface area contributed by atoms with Crippen molar-refractivity contribution in [3.63, 3.8) is 0 Å². The first-order chi connectivity index (χ1) is 13.2. The van der Waals surface area contributed by atoms with Gasteiger partial charge in [-0.25, -0.2) is 9.78 Å². The van der Waals surface area contributed by atoms with Crippen LogP contribution in [0, 0.1) is 0 Å². The molecule has 1 unspecified atom stereocenters. The number of benzene rings is 2. The second-order valence-electron chi connectivity index (χ2n) is 6.93. The Balaban J connectivity index is 1.34. The van der Waals surface area contributed by atoms with Crippen molar-refractivity contribution in [3.8, 4) is 0 Å². The van der Waals surface area contributed by atoms with Gasteiger partial charge in [-0.05, 0) is 48.4 Å². The number of nitrogens with zero attached hydrogens (tertiary/aromatic N) is 1. The number of carboxylic acid groups (broad SMARTS) is 1. The fraction of sp³-hybridized carbons (Fsp3) is 0.273. The lowest BCUT2D eigenvalue weighted by atomic mass is 9.85. The summed E-state index contributed by atoms with van der Waals surface area (Å²) in [5.74, 6) is -0.288. The first-order valence-electron chi connectivity index (χ1n) is 9.24. The maximum atomic E-state index is 10.9. The molecule has 4 rings (SSSR count). The Morgan fingerprint density at radius 2 is 1.89 bits per heavy atom. The number of nitrogens with one attached hydrogen (secondary N) is 1. The van der Waals surface area contributed by atoms with Gasteiger partial charge in [0.1, 0.15) is 5.01 Å². The molecule has 138 valence electrons. The Kier molecular flexibility index (Phi) is 5.32. The number of hydrogen-bond acceptors (Lipinski definition) is 4. The van der Waals surface area contributed by atoms with Gasteiger partial charge in [-0.3, -0.25) is 0 Å². The van der Waals surface area contributed by atoms with E-state index in [0.29, 0.717) is 18.0 Å². The third kappa shape index (κ3) is 4.26. The second-order valence-corrected chi connectivity index (χ2v) is 8.10. The number of hydrogen-bond donors (Lipinski definition) is 2. The third-order valence-electron chi connectivity index (χ3n) is 5.06. The summed E-state index contributed by atoms with van der Waals surface area (Å²) in [5.41, 5.74) is 4.10. The van der Waals surface area contributed by atoms with Crippen molar-refractivity contribution in [3.05, 3.63) is 86.9 Å². The minimum absolute atomic E-state index is 0.319. The SMILES string of the molecule is O=C(O)c1ccc(CNCc2nc3c(s2)CC(c2ccccc2)CC3)cc1. The van der Waals surface area contributed by atoms with E-state index < -0.39 is 5.97 Å². The maximum Gasteiger partial charge on any atom is 0.335 e. The highest BCUT2D eigenvalue weighted by atomic mass is 32.1. The van der Waals surface area contributed by atoms with E-state index in [-0.39, 0.29) is 0 Å². The zero-order chi connectivity index (χ0) is 18.6.